The van der Waals surface area contributed by atoms with Crippen LogP contribution in [0.4, 0.5) is 0 Å². The Balaban J connectivity index is 2.19. The third-order valence-corrected chi connectivity index (χ3v) is 2.27. The second-order valence-electron chi connectivity index (χ2n) is 2.94. The highest BCUT2D eigenvalue weighted by Crippen LogP contribution is 2.13. The summed E-state index contributed by atoms with van der Waals surface area (Å²) in [5.41, 5.74) is 0. The van der Waals surface area contributed by atoms with Gasteiger partial charge < -0.3 is 0 Å². The van der Waals surface area contributed by atoms with Crippen molar-refractivity contribution in [3.8, 4) is 0 Å². The number of thiol groups is 1. The van der Waals surface area contributed by atoms with E-state index in [1.807, 2.05) is 24.3 Å². The molecule has 0 aliphatic heterocycles. The van der Waals surface area contributed by atoms with E-state index in [4.69, 9.17) is 0 Å². The Morgan fingerprint density at radius 3 is 2.50 bits per heavy atom. The van der Waals surface area contributed by atoms with Crippen molar-refractivity contribution in [1.82, 2.24) is 0 Å². The average molecular weight is 182 g/mol. The highest BCUT2D eigenvalue weighted by atomic mass is 32.1. The van der Waals surface area contributed by atoms with Crippen molar-refractivity contribution in [2.75, 3.05) is 5.75 Å². The van der Waals surface area contributed by atoms with E-state index in [9.17, 15) is 4.79 Å². The molecule has 0 aromatic carbocycles. The van der Waals surface area contributed by atoms with Gasteiger partial charge in [0.1, 0.15) is 5.78 Å². The summed E-state index contributed by atoms with van der Waals surface area (Å²) in [6.45, 7) is 0. The number of allylic oxidation sites excluding steroid dienone is 4. The number of unbranched alkanes of at least 4 members (excludes halogenated alkanes) is 1. The van der Waals surface area contributed by atoms with Crippen LogP contribution in [0.25, 0.3) is 0 Å². The first kappa shape index (κ1) is 9.59. The monoisotopic (exact) mass is 182 g/mol. The van der Waals surface area contributed by atoms with E-state index in [1.54, 1.807) is 0 Å². The summed E-state index contributed by atoms with van der Waals surface area (Å²) in [6, 6.07) is 0. The minimum Gasteiger partial charge on any atom is -0.299 e. The molecule has 0 radical (unpaired) electrons. The van der Waals surface area contributed by atoms with Crippen LogP contribution >= 0.6 is 12.6 Å². The maximum absolute atomic E-state index is 11.4. The van der Waals surface area contributed by atoms with Crippen molar-refractivity contribution in [2.24, 2.45) is 5.92 Å². The number of carbonyl (C=O) groups excluding carboxylic acids is 1. The lowest BCUT2D eigenvalue weighted by molar-refractivity contribution is -0.120. The Hall–Kier alpha value is -0.500. The molecule has 0 atom stereocenters. The van der Waals surface area contributed by atoms with Gasteiger partial charge in [-0.15, -0.1) is 0 Å². The van der Waals surface area contributed by atoms with Crippen LogP contribution in [0.1, 0.15) is 19.3 Å². The van der Waals surface area contributed by atoms with Crippen molar-refractivity contribution < 1.29 is 4.79 Å². The van der Waals surface area contributed by atoms with Gasteiger partial charge in [-0.05, 0) is 18.6 Å². The van der Waals surface area contributed by atoms with Crippen LogP contribution in [0.2, 0.25) is 0 Å². The van der Waals surface area contributed by atoms with E-state index in [0.717, 1.165) is 18.6 Å². The van der Waals surface area contributed by atoms with E-state index in [1.165, 1.54) is 0 Å². The van der Waals surface area contributed by atoms with Crippen LogP contribution < -0.4 is 0 Å². The second kappa shape index (κ2) is 5.20. The Labute approximate surface area is 79.0 Å². The van der Waals surface area contributed by atoms with Crippen molar-refractivity contribution in [2.45, 2.75) is 19.3 Å². The molecule has 12 heavy (non-hydrogen) atoms. The van der Waals surface area contributed by atoms with E-state index in [0.29, 0.717) is 12.2 Å². The van der Waals surface area contributed by atoms with Crippen molar-refractivity contribution in [1.29, 1.82) is 0 Å². The van der Waals surface area contributed by atoms with Crippen LogP contribution in [0, 0.1) is 5.92 Å². The summed E-state index contributed by atoms with van der Waals surface area (Å²) in [6.07, 6.45) is 10.5. The smallest absolute Gasteiger partial charge is 0.143 e. The molecule has 66 valence electrons. The SMILES string of the molecule is O=C(CCCCS)C1C=CC=C1. The molecule has 1 aliphatic carbocycles. The quantitative estimate of drug-likeness (QED) is 0.510. The van der Waals surface area contributed by atoms with E-state index >= 15 is 0 Å². The van der Waals surface area contributed by atoms with Crippen LogP contribution in [0.3, 0.4) is 0 Å². The molecule has 0 heterocycles. The number of carbonyl (C=O) groups is 1. The summed E-state index contributed by atoms with van der Waals surface area (Å²) in [5.74, 6) is 1.27. The summed E-state index contributed by atoms with van der Waals surface area (Å²) in [5, 5.41) is 0. The summed E-state index contributed by atoms with van der Waals surface area (Å²) >= 11 is 4.09. The van der Waals surface area contributed by atoms with Gasteiger partial charge in [0.15, 0.2) is 0 Å². The van der Waals surface area contributed by atoms with Crippen molar-refractivity contribution in [3.63, 3.8) is 0 Å². The predicted molar refractivity (Wildman–Crippen MR) is 54.5 cm³/mol. The number of hydrogen-bond donors (Lipinski definition) is 1. The number of ketones is 1. The van der Waals surface area contributed by atoms with Crippen LogP contribution in [0.5, 0.6) is 0 Å². The Morgan fingerprint density at radius 1 is 1.25 bits per heavy atom. The van der Waals surface area contributed by atoms with Gasteiger partial charge in [-0.1, -0.05) is 24.3 Å². The van der Waals surface area contributed by atoms with Crippen molar-refractivity contribution in [3.05, 3.63) is 24.3 Å². The molecular formula is C10H14OS. The van der Waals surface area contributed by atoms with Gasteiger partial charge in [0.25, 0.3) is 0 Å². The molecule has 0 saturated heterocycles. The van der Waals surface area contributed by atoms with E-state index in [2.05, 4.69) is 12.6 Å². The fraction of sp³-hybridized carbons (Fsp3) is 0.500. The highest BCUT2D eigenvalue weighted by Gasteiger charge is 2.12. The first-order valence-electron chi connectivity index (χ1n) is 4.33. The summed E-state index contributed by atoms with van der Waals surface area (Å²) in [4.78, 5) is 11.4. The van der Waals surface area contributed by atoms with Crippen LogP contribution in [-0.2, 0) is 4.79 Å². The highest BCUT2D eigenvalue weighted by molar-refractivity contribution is 7.80. The fourth-order valence-corrected chi connectivity index (χ4v) is 1.45. The molecule has 1 nitrogen and oxygen atoms in total. The average Bonchev–Trinajstić information content (AvgIpc) is 2.56. The first-order chi connectivity index (χ1) is 5.84. The molecular weight excluding hydrogens is 168 g/mol. The van der Waals surface area contributed by atoms with Gasteiger partial charge in [-0.3, -0.25) is 4.79 Å². The Morgan fingerprint density at radius 2 is 1.92 bits per heavy atom. The van der Waals surface area contributed by atoms with Gasteiger partial charge >= 0.3 is 0 Å². The van der Waals surface area contributed by atoms with Gasteiger partial charge in [0.05, 0.1) is 5.92 Å². The van der Waals surface area contributed by atoms with Gasteiger partial charge in [-0.25, -0.2) is 0 Å². The molecule has 0 amide bonds. The second-order valence-corrected chi connectivity index (χ2v) is 3.39. The largest absolute Gasteiger partial charge is 0.299 e. The molecule has 0 N–H and O–H groups in total. The Kier molecular flexibility index (Phi) is 4.15. The van der Waals surface area contributed by atoms with Crippen molar-refractivity contribution >= 4 is 18.4 Å². The topological polar surface area (TPSA) is 17.1 Å². The maximum Gasteiger partial charge on any atom is 0.143 e. The predicted octanol–water partition coefficient (Wildman–Crippen LogP) is 2.40. The molecule has 1 rings (SSSR count). The summed E-state index contributed by atoms with van der Waals surface area (Å²) in [7, 11) is 0. The molecule has 0 unspecified atom stereocenters. The molecule has 0 spiro atoms. The minimum atomic E-state index is 0.0601. The lowest BCUT2D eigenvalue weighted by atomic mass is 10.0. The van der Waals surface area contributed by atoms with E-state index < -0.39 is 0 Å². The number of Topliss-reactive ketones (excluding diaryl/α,β-unsaturated/α-hetero) is 1. The third-order valence-electron chi connectivity index (χ3n) is 1.95. The lowest BCUT2D eigenvalue weighted by Crippen LogP contribution is -2.07. The number of rotatable bonds is 5. The minimum absolute atomic E-state index is 0.0601. The zero-order valence-electron chi connectivity index (χ0n) is 7.07. The van der Waals surface area contributed by atoms with E-state index in [-0.39, 0.29) is 5.92 Å². The molecule has 0 fully saturated rings. The zero-order chi connectivity index (χ0) is 8.81. The summed E-state index contributed by atoms with van der Waals surface area (Å²) < 4.78 is 0. The maximum atomic E-state index is 11.4. The normalized spacial score (nSPS) is 15.8. The molecule has 2 heteroatoms. The van der Waals surface area contributed by atoms with Gasteiger partial charge in [-0.2, -0.15) is 12.6 Å². The van der Waals surface area contributed by atoms with Crippen LogP contribution in [-0.4, -0.2) is 11.5 Å². The molecule has 0 aromatic heterocycles. The van der Waals surface area contributed by atoms with Gasteiger partial charge in [0, 0.05) is 6.42 Å². The molecule has 0 bridgehead atoms. The molecule has 0 aromatic rings. The molecule has 1 aliphatic rings. The number of hydrogen-bond acceptors (Lipinski definition) is 2. The fourth-order valence-electron chi connectivity index (χ4n) is 1.22. The van der Waals surface area contributed by atoms with Crippen LogP contribution in [0.15, 0.2) is 24.3 Å². The Bertz CT molecular complexity index is 194. The third kappa shape index (κ3) is 2.86. The molecule has 0 saturated carbocycles. The van der Waals surface area contributed by atoms with Gasteiger partial charge in [0.2, 0.25) is 0 Å². The zero-order valence-corrected chi connectivity index (χ0v) is 7.97. The lowest BCUT2D eigenvalue weighted by Gasteiger charge is -2.02. The standard InChI is InChI=1S/C10H14OS/c11-10(7-3-4-8-12)9-5-1-2-6-9/h1-2,5-6,9,12H,3-4,7-8H2. The first-order valence-corrected chi connectivity index (χ1v) is 4.96.